The number of hydrogen-bond acceptors (Lipinski definition) is 1. The summed E-state index contributed by atoms with van der Waals surface area (Å²) in [5.74, 6) is 1.56. The summed E-state index contributed by atoms with van der Waals surface area (Å²) in [5, 5.41) is 0. The first-order valence-electron chi connectivity index (χ1n) is 5.59. The fraction of sp³-hybridized carbons (Fsp3) is 0.692. The van der Waals surface area contributed by atoms with E-state index in [1.807, 2.05) is 6.26 Å². The van der Waals surface area contributed by atoms with Gasteiger partial charge in [0.2, 0.25) is 0 Å². The van der Waals surface area contributed by atoms with Gasteiger partial charge in [-0.2, -0.15) is 0 Å². The number of hydrogen-bond donors (Lipinski definition) is 0. The molecule has 0 bridgehead atoms. The average Bonchev–Trinajstić information content (AvgIpc) is 2.51. The second-order valence-electron chi connectivity index (χ2n) is 5.67. The first kappa shape index (κ1) is 9.82. The van der Waals surface area contributed by atoms with Crippen molar-refractivity contribution in [2.75, 3.05) is 0 Å². The van der Waals surface area contributed by atoms with Gasteiger partial charge in [-0.25, -0.2) is 0 Å². The highest BCUT2D eigenvalue weighted by molar-refractivity contribution is 5.14. The van der Waals surface area contributed by atoms with Gasteiger partial charge in [0.15, 0.2) is 0 Å². The molecule has 1 saturated carbocycles. The van der Waals surface area contributed by atoms with Crippen LogP contribution in [0.3, 0.4) is 0 Å². The quantitative estimate of drug-likeness (QED) is 0.649. The molecule has 2 unspecified atom stereocenters. The van der Waals surface area contributed by atoms with E-state index >= 15 is 0 Å². The zero-order valence-corrected chi connectivity index (χ0v) is 9.42. The van der Waals surface area contributed by atoms with Gasteiger partial charge in [0, 0.05) is 0 Å². The average molecular weight is 192 g/mol. The van der Waals surface area contributed by atoms with Gasteiger partial charge in [-0.15, -0.1) is 0 Å². The molecule has 78 valence electrons. The lowest BCUT2D eigenvalue weighted by Gasteiger charge is -2.38. The first-order chi connectivity index (χ1) is 6.57. The highest BCUT2D eigenvalue weighted by Crippen LogP contribution is 2.45. The third-order valence-electron chi connectivity index (χ3n) is 3.40. The molecule has 0 aliphatic heterocycles. The molecule has 2 rings (SSSR count). The monoisotopic (exact) mass is 192 g/mol. The van der Waals surface area contributed by atoms with Crippen LogP contribution in [0, 0.1) is 11.3 Å². The van der Waals surface area contributed by atoms with Crippen LogP contribution in [0.5, 0.6) is 0 Å². The standard InChI is InChI=1S/C13H20O/c1-10-6-12(8-13(2,3)7-10)11-4-5-14-9-11/h4-5,9-10,12H,6-8H2,1-3H3. The molecule has 1 aliphatic carbocycles. The second-order valence-corrected chi connectivity index (χ2v) is 5.67. The Morgan fingerprint density at radius 2 is 2.14 bits per heavy atom. The topological polar surface area (TPSA) is 13.1 Å². The fourth-order valence-corrected chi connectivity index (χ4v) is 3.11. The van der Waals surface area contributed by atoms with Gasteiger partial charge < -0.3 is 4.42 Å². The Hall–Kier alpha value is -0.720. The van der Waals surface area contributed by atoms with Gasteiger partial charge in [-0.1, -0.05) is 20.8 Å². The molecule has 0 amide bonds. The van der Waals surface area contributed by atoms with Gasteiger partial charge in [-0.05, 0) is 48.1 Å². The van der Waals surface area contributed by atoms with Gasteiger partial charge >= 0.3 is 0 Å². The third-order valence-corrected chi connectivity index (χ3v) is 3.40. The minimum absolute atomic E-state index is 0.500. The molecule has 1 fully saturated rings. The molecule has 0 N–H and O–H groups in total. The lowest BCUT2D eigenvalue weighted by molar-refractivity contribution is 0.168. The molecular weight excluding hydrogens is 172 g/mol. The van der Waals surface area contributed by atoms with Crippen molar-refractivity contribution in [3.8, 4) is 0 Å². The van der Waals surface area contributed by atoms with E-state index in [1.54, 1.807) is 6.26 Å². The summed E-state index contributed by atoms with van der Waals surface area (Å²) in [6.07, 6.45) is 7.70. The van der Waals surface area contributed by atoms with Crippen molar-refractivity contribution in [1.29, 1.82) is 0 Å². The molecule has 1 heteroatoms. The lowest BCUT2D eigenvalue weighted by Crippen LogP contribution is -2.26. The van der Waals surface area contributed by atoms with Crippen molar-refractivity contribution < 1.29 is 4.42 Å². The van der Waals surface area contributed by atoms with Crippen LogP contribution in [0.15, 0.2) is 23.0 Å². The van der Waals surface area contributed by atoms with Crippen LogP contribution >= 0.6 is 0 Å². The van der Waals surface area contributed by atoms with Gasteiger partial charge in [0.25, 0.3) is 0 Å². The predicted molar refractivity (Wildman–Crippen MR) is 58.2 cm³/mol. The normalized spacial score (nSPS) is 31.6. The second kappa shape index (κ2) is 3.45. The highest BCUT2D eigenvalue weighted by Gasteiger charge is 2.32. The molecule has 1 heterocycles. The van der Waals surface area contributed by atoms with Crippen molar-refractivity contribution in [3.05, 3.63) is 24.2 Å². The molecule has 1 nitrogen and oxygen atoms in total. The van der Waals surface area contributed by atoms with E-state index in [2.05, 4.69) is 26.8 Å². The van der Waals surface area contributed by atoms with E-state index in [4.69, 9.17) is 4.42 Å². The summed E-state index contributed by atoms with van der Waals surface area (Å²) in [6.45, 7) is 7.14. The van der Waals surface area contributed by atoms with Crippen molar-refractivity contribution in [2.45, 2.75) is 46.0 Å². The molecule has 0 aromatic carbocycles. The predicted octanol–water partition coefficient (Wildman–Crippen LogP) is 4.21. The Morgan fingerprint density at radius 1 is 1.36 bits per heavy atom. The van der Waals surface area contributed by atoms with Gasteiger partial charge in [0.1, 0.15) is 0 Å². The summed E-state index contributed by atoms with van der Waals surface area (Å²) >= 11 is 0. The molecule has 1 aliphatic rings. The Kier molecular flexibility index (Phi) is 2.42. The van der Waals surface area contributed by atoms with Crippen LogP contribution in [0.25, 0.3) is 0 Å². The van der Waals surface area contributed by atoms with Gasteiger partial charge in [-0.3, -0.25) is 0 Å². The maximum absolute atomic E-state index is 5.17. The number of rotatable bonds is 1. The van der Waals surface area contributed by atoms with Crippen LogP contribution in [-0.4, -0.2) is 0 Å². The summed E-state index contributed by atoms with van der Waals surface area (Å²) < 4.78 is 5.17. The summed E-state index contributed by atoms with van der Waals surface area (Å²) in [5.41, 5.74) is 1.89. The first-order valence-corrected chi connectivity index (χ1v) is 5.59. The van der Waals surface area contributed by atoms with E-state index in [1.165, 1.54) is 24.8 Å². The van der Waals surface area contributed by atoms with Crippen molar-refractivity contribution >= 4 is 0 Å². The van der Waals surface area contributed by atoms with Crippen LogP contribution in [0.1, 0.15) is 51.5 Å². The Balaban J connectivity index is 2.14. The molecule has 1 aromatic rings. The third kappa shape index (κ3) is 2.02. The molecule has 2 atom stereocenters. The minimum atomic E-state index is 0.500. The van der Waals surface area contributed by atoms with E-state index in [9.17, 15) is 0 Å². The summed E-state index contributed by atoms with van der Waals surface area (Å²) in [6, 6.07) is 2.12. The van der Waals surface area contributed by atoms with Crippen LogP contribution in [0.4, 0.5) is 0 Å². The SMILES string of the molecule is CC1CC(c2ccoc2)CC(C)(C)C1. The molecule has 14 heavy (non-hydrogen) atoms. The van der Waals surface area contributed by atoms with Crippen LogP contribution in [-0.2, 0) is 0 Å². The van der Waals surface area contributed by atoms with Crippen LogP contribution in [0.2, 0.25) is 0 Å². The van der Waals surface area contributed by atoms with Crippen molar-refractivity contribution in [1.82, 2.24) is 0 Å². The van der Waals surface area contributed by atoms with Crippen molar-refractivity contribution in [2.24, 2.45) is 11.3 Å². The summed E-state index contributed by atoms with van der Waals surface area (Å²) in [4.78, 5) is 0. The molecular formula is C13H20O. The lowest BCUT2D eigenvalue weighted by atomic mass is 9.67. The molecule has 0 saturated heterocycles. The fourth-order valence-electron chi connectivity index (χ4n) is 3.11. The molecule has 0 spiro atoms. The smallest absolute Gasteiger partial charge is 0.0937 e. The molecule has 0 radical (unpaired) electrons. The highest BCUT2D eigenvalue weighted by atomic mass is 16.3. The maximum atomic E-state index is 5.17. The summed E-state index contributed by atoms with van der Waals surface area (Å²) in [7, 11) is 0. The van der Waals surface area contributed by atoms with E-state index in [-0.39, 0.29) is 0 Å². The Morgan fingerprint density at radius 3 is 2.71 bits per heavy atom. The van der Waals surface area contributed by atoms with Gasteiger partial charge in [0.05, 0.1) is 12.5 Å². The van der Waals surface area contributed by atoms with E-state index in [0.717, 1.165) is 5.92 Å². The minimum Gasteiger partial charge on any atom is -0.472 e. The van der Waals surface area contributed by atoms with Crippen molar-refractivity contribution in [3.63, 3.8) is 0 Å². The van der Waals surface area contributed by atoms with Crippen LogP contribution < -0.4 is 0 Å². The zero-order chi connectivity index (χ0) is 10.2. The molecule has 1 aromatic heterocycles. The Labute approximate surface area is 86.5 Å². The Bertz CT molecular complexity index is 284. The van der Waals surface area contributed by atoms with E-state index in [0.29, 0.717) is 11.3 Å². The maximum Gasteiger partial charge on any atom is 0.0937 e. The number of furan rings is 1. The largest absolute Gasteiger partial charge is 0.472 e. The van der Waals surface area contributed by atoms with E-state index < -0.39 is 0 Å². The zero-order valence-electron chi connectivity index (χ0n) is 9.42.